The summed E-state index contributed by atoms with van der Waals surface area (Å²) in [6.07, 6.45) is 0. The molecule has 8 heteroatoms. The molecule has 44 heavy (non-hydrogen) atoms. The van der Waals surface area contributed by atoms with Gasteiger partial charge < -0.3 is 24.9 Å². The summed E-state index contributed by atoms with van der Waals surface area (Å²) in [5.41, 5.74) is 12.8. The number of nitrogens with zero attached hydrogens (tertiary/aromatic N) is 2. The van der Waals surface area contributed by atoms with Gasteiger partial charge in [0.05, 0.1) is 12.1 Å². The summed E-state index contributed by atoms with van der Waals surface area (Å²) in [6.45, 7) is 9.54. The summed E-state index contributed by atoms with van der Waals surface area (Å²) in [7, 11) is 5.96. The SMILES string of the molecule is C=[N+](C)c1ccc2c(-c3ccc(C)c(OCCOc4ccc(C(=O)NCCN)cc4C)c3)c3ccc(=[N+](C)C)cc-3oc2c1. The van der Waals surface area contributed by atoms with Gasteiger partial charge >= 0.3 is 0 Å². The van der Waals surface area contributed by atoms with Gasteiger partial charge in [-0.3, -0.25) is 4.79 Å². The second-order valence-electron chi connectivity index (χ2n) is 11.1. The molecular formula is C36H40N4O4+2. The van der Waals surface area contributed by atoms with Gasteiger partial charge in [-0.05, 0) is 66.9 Å². The Morgan fingerprint density at radius 3 is 2.36 bits per heavy atom. The largest absolute Gasteiger partial charge is 0.490 e. The first-order valence-corrected chi connectivity index (χ1v) is 14.7. The lowest BCUT2D eigenvalue weighted by atomic mass is 9.93. The molecule has 0 fully saturated rings. The van der Waals surface area contributed by atoms with Gasteiger partial charge in [0.1, 0.15) is 63.9 Å². The monoisotopic (exact) mass is 592 g/mol. The quantitative estimate of drug-likeness (QED) is 0.103. The van der Waals surface area contributed by atoms with Gasteiger partial charge in [0.15, 0.2) is 0 Å². The van der Waals surface area contributed by atoms with Gasteiger partial charge in [-0.1, -0.05) is 12.1 Å². The van der Waals surface area contributed by atoms with Crippen LogP contribution in [0.15, 0.2) is 77.2 Å². The molecule has 1 aliphatic carbocycles. The topological polar surface area (TPSA) is 92.7 Å². The van der Waals surface area contributed by atoms with Crippen LogP contribution in [0.4, 0.5) is 5.69 Å². The number of ether oxygens (including phenoxy) is 2. The minimum absolute atomic E-state index is 0.148. The first-order chi connectivity index (χ1) is 21.2. The summed E-state index contributed by atoms with van der Waals surface area (Å²) < 4.78 is 22.6. The second-order valence-corrected chi connectivity index (χ2v) is 11.1. The Morgan fingerprint density at radius 2 is 1.66 bits per heavy atom. The van der Waals surface area contributed by atoms with E-state index >= 15 is 0 Å². The summed E-state index contributed by atoms with van der Waals surface area (Å²) in [6, 6.07) is 24.1. The molecule has 3 aromatic carbocycles. The highest BCUT2D eigenvalue weighted by atomic mass is 16.5. The Balaban J connectivity index is 1.41. The van der Waals surface area contributed by atoms with E-state index in [1.54, 1.807) is 6.07 Å². The molecular weight excluding hydrogens is 552 g/mol. The summed E-state index contributed by atoms with van der Waals surface area (Å²) in [5, 5.41) is 4.85. The van der Waals surface area contributed by atoms with E-state index in [2.05, 4.69) is 65.1 Å². The number of rotatable bonds is 10. The molecule has 0 radical (unpaired) electrons. The minimum Gasteiger partial charge on any atom is -0.490 e. The third-order valence-corrected chi connectivity index (χ3v) is 7.59. The van der Waals surface area contributed by atoms with Crippen molar-refractivity contribution in [2.45, 2.75) is 13.8 Å². The molecule has 0 unspecified atom stereocenters. The van der Waals surface area contributed by atoms with Crippen molar-refractivity contribution in [2.75, 3.05) is 47.4 Å². The number of fused-ring (bicyclic) bond motifs is 2. The van der Waals surface area contributed by atoms with Gasteiger partial charge in [-0.2, -0.15) is 0 Å². The number of hydrogen-bond donors (Lipinski definition) is 2. The number of carbonyl (C=O) groups is 1. The van der Waals surface area contributed by atoms with Gasteiger partial charge in [0.25, 0.3) is 5.91 Å². The fourth-order valence-corrected chi connectivity index (χ4v) is 5.15. The van der Waals surface area contributed by atoms with Crippen molar-refractivity contribution in [1.29, 1.82) is 0 Å². The molecule has 1 amide bonds. The van der Waals surface area contributed by atoms with Crippen molar-refractivity contribution in [3.63, 3.8) is 0 Å². The predicted octanol–water partition coefficient (Wildman–Crippen LogP) is 4.97. The van der Waals surface area contributed by atoms with Crippen LogP contribution in [0, 0.1) is 13.8 Å². The van der Waals surface area contributed by atoms with E-state index in [-0.39, 0.29) is 5.91 Å². The van der Waals surface area contributed by atoms with Gasteiger partial charge in [-0.25, -0.2) is 9.15 Å². The van der Waals surface area contributed by atoms with E-state index in [1.165, 1.54) is 0 Å². The van der Waals surface area contributed by atoms with Crippen molar-refractivity contribution < 1.29 is 23.3 Å². The van der Waals surface area contributed by atoms with Crippen LogP contribution in [-0.2, 0) is 0 Å². The Labute approximate surface area is 258 Å². The van der Waals surface area contributed by atoms with Gasteiger partial charge in [0, 0.05) is 47.3 Å². The molecule has 0 bridgehead atoms. The number of benzene rings is 4. The molecule has 0 spiro atoms. The molecule has 1 heterocycles. The number of carbonyl (C=O) groups excluding carboxylic acids is 1. The van der Waals surface area contributed by atoms with Crippen LogP contribution in [0.2, 0.25) is 0 Å². The molecule has 3 aromatic rings. The molecule has 0 atom stereocenters. The van der Waals surface area contributed by atoms with Crippen molar-refractivity contribution in [1.82, 2.24) is 9.89 Å². The first-order valence-electron chi connectivity index (χ1n) is 14.7. The Kier molecular flexibility index (Phi) is 9.11. The van der Waals surface area contributed by atoms with E-state index in [0.717, 1.165) is 61.3 Å². The molecule has 0 saturated heterocycles. The number of nitrogens with two attached hydrogens (primary N) is 1. The number of nitrogens with one attached hydrogen (secondary N) is 1. The van der Waals surface area contributed by atoms with Crippen LogP contribution < -0.4 is 30.5 Å². The maximum absolute atomic E-state index is 12.2. The standard InChI is InChI=1S/C36H39N4O4/c1-23-7-8-25(20-32(23)43-18-17-42-31-14-9-26(19-24(31)2)36(41)38-16-15-37)35-29-12-10-27(39(3)4)21-33(29)44-34-22-28(40(5)6)11-13-30(34)35/h7-14,19-22H,3,15-18,37H2,1-2,4-6H3/q+1/p+1. The maximum atomic E-state index is 12.2. The predicted molar refractivity (Wildman–Crippen MR) is 177 cm³/mol. The van der Waals surface area contributed by atoms with E-state index in [4.69, 9.17) is 19.6 Å². The van der Waals surface area contributed by atoms with Crippen molar-refractivity contribution in [3.8, 4) is 33.9 Å². The van der Waals surface area contributed by atoms with E-state index in [9.17, 15) is 4.79 Å². The number of hydrogen-bond acceptors (Lipinski definition) is 5. The maximum Gasteiger partial charge on any atom is 0.251 e. The van der Waals surface area contributed by atoms with Crippen LogP contribution in [0.5, 0.6) is 11.5 Å². The van der Waals surface area contributed by atoms with E-state index < -0.39 is 0 Å². The van der Waals surface area contributed by atoms with E-state index in [0.29, 0.717) is 37.6 Å². The van der Waals surface area contributed by atoms with Crippen LogP contribution >= 0.6 is 0 Å². The van der Waals surface area contributed by atoms with Crippen molar-refractivity contribution in [2.24, 2.45) is 5.73 Å². The zero-order chi connectivity index (χ0) is 31.4. The Hall–Kier alpha value is -4.95. The zero-order valence-corrected chi connectivity index (χ0v) is 26.1. The highest BCUT2D eigenvalue weighted by molar-refractivity contribution is 6.02. The average Bonchev–Trinajstić information content (AvgIpc) is 3.01. The lowest BCUT2D eigenvalue weighted by Gasteiger charge is -2.17. The average molecular weight is 593 g/mol. The molecule has 0 aromatic heterocycles. The summed E-state index contributed by atoms with van der Waals surface area (Å²) in [5.74, 6) is 2.16. The van der Waals surface area contributed by atoms with Crippen LogP contribution in [-0.4, -0.2) is 64.6 Å². The third kappa shape index (κ3) is 6.50. The lowest BCUT2D eigenvalue weighted by Crippen LogP contribution is -2.29. The van der Waals surface area contributed by atoms with Gasteiger partial charge in [-0.15, -0.1) is 0 Å². The minimum atomic E-state index is -0.148. The number of aryl methyl sites for hydroxylation is 2. The Morgan fingerprint density at radius 1 is 0.886 bits per heavy atom. The highest BCUT2D eigenvalue weighted by Gasteiger charge is 2.20. The third-order valence-electron chi connectivity index (χ3n) is 7.59. The second kappa shape index (κ2) is 13.1. The molecule has 8 nitrogen and oxygen atoms in total. The molecule has 3 N–H and O–H groups in total. The molecule has 226 valence electrons. The first kappa shape index (κ1) is 30.5. The molecule has 5 rings (SSSR count). The molecule has 0 saturated carbocycles. The van der Waals surface area contributed by atoms with Crippen LogP contribution in [0.25, 0.3) is 33.4 Å². The fourth-order valence-electron chi connectivity index (χ4n) is 5.15. The van der Waals surface area contributed by atoms with Crippen molar-refractivity contribution in [3.05, 3.63) is 94.8 Å². The summed E-state index contributed by atoms with van der Waals surface area (Å²) >= 11 is 0. The zero-order valence-electron chi connectivity index (χ0n) is 26.1. The van der Waals surface area contributed by atoms with Crippen LogP contribution in [0.3, 0.4) is 0 Å². The smallest absolute Gasteiger partial charge is 0.251 e. The van der Waals surface area contributed by atoms with Crippen LogP contribution in [0.1, 0.15) is 21.5 Å². The highest BCUT2D eigenvalue weighted by Crippen LogP contribution is 2.42. The summed E-state index contributed by atoms with van der Waals surface area (Å²) in [4.78, 5) is 12.2. The number of amides is 1. The lowest BCUT2D eigenvalue weighted by molar-refractivity contribution is -0.394. The Bertz CT molecular complexity index is 1900. The normalized spacial score (nSPS) is 11.0. The molecule has 1 aliphatic heterocycles. The van der Waals surface area contributed by atoms with Gasteiger partial charge in [0.2, 0.25) is 11.0 Å². The van der Waals surface area contributed by atoms with Crippen molar-refractivity contribution >= 4 is 29.3 Å². The molecule has 2 aliphatic rings. The fraction of sp³-hybridized carbons (Fsp3) is 0.250. The van der Waals surface area contributed by atoms with E-state index in [1.807, 2.05) is 57.8 Å².